The zero-order valence-electron chi connectivity index (χ0n) is 4.96. The minimum atomic E-state index is -0.704. The number of hydrogen-bond donors (Lipinski definition) is 0. The van der Waals surface area contributed by atoms with Gasteiger partial charge in [-0.3, -0.25) is 0 Å². The van der Waals surface area contributed by atoms with Crippen molar-refractivity contribution in [2.24, 2.45) is 0 Å². The van der Waals surface area contributed by atoms with Gasteiger partial charge in [0.2, 0.25) is 0 Å². The first-order valence-corrected chi connectivity index (χ1v) is 2.17. The van der Waals surface area contributed by atoms with E-state index in [-0.39, 0.29) is 56.9 Å². The van der Waals surface area contributed by atoms with Crippen LogP contribution in [0.5, 0.6) is 0 Å². The van der Waals surface area contributed by atoms with Crippen molar-refractivity contribution in [2.45, 2.75) is 19.1 Å². The van der Waals surface area contributed by atoms with Crippen molar-refractivity contribution in [2.75, 3.05) is 6.61 Å². The van der Waals surface area contributed by atoms with Crippen LogP contribution < -0.4 is 56.5 Å². The van der Waals surface area contributed by atoms with Gasteiger partial charge >= 0.3 is 51.4 Å². The molecule has 1 atom stereocenters. The Bertz CT molecular complexity index is 44.5. The van der Waals surface area contributed by atoms with Crippen LogP contribution in [0.2, 0.25) is 0 Å². The van der Waals surface area contributed by atoms with Gasteiger partial charge in [-0.1, -0.05) is 0 Å². The molecule has 1 N–H and O–H groups in total. The Balaban J connectivity index is 0. The Hall–Kier alpha value is 1.52. The quantitative estimate of drug-likeness (QED) is 0.328. The van der Waals surface area contributed by atoms with Crippen LogP contribution in [0, 0.1) is 0 Å². The molecule has 1 aliphatic heterocycles. The predicted molar refractivity (Wildman–Crippen MR) is 20.9 cm³/mol. The van der Waals surface area contributed by atoms with Gasteiger partial charge in [-0.15, -0.1) is 0 Å². The van der Waals surface area contributed by atoms with E-state index in [1.165, 1.54) is 0 Å². The molecule has 0 aromatic heterocycles. The van der Waals surface area contributed by atoms with Crippen LogP contribution in [-0.2, 0) is 4.74 Å². The first-order valence-electron chi connectivity index (χ1n) is 2.17. The third-order valence-electron chi connectivity index (χ3n) is 0.888. The second kappa shape index (κ2) is 6.63. The van der Waals surface area contributed by atoms with E-state index in [4.69, 9.17) is 0 Å². The van der Waals surface area contributed by atoms with Crippen molar-refractivity contribution in [1.29, 1.82) is 0 Å². The molecular formula is C4H8KO3-. The molecule has 3 nitrogen and oxygen atoms in total. The minimum absolute atomic E-state index is 0. The van der Waals surface area contributed by atoms with Gasteiger partial charge in [-0.2, -0.15) is 0 Å². The zero-order valence-corrected chi connectivity index (χ0v) is 8.09. The zero-order chi connectivity index (χ0) is 4.41. The van der Waals surface area contributed by atoms with Crippen LogP contribution in [0.15, 0.2) is 0 Å². The van der Waals surface area contributed by atoms with Gasteiger partial charge < -0.3 is 15.3 Å². The van der Waals surface area contributed by atoms with Crippen LogP contribution in [0.3, 0.4) is 0 Å². The van der Waals surface area contributed by atoms with E-state index >= 15 is 0 Å². The van der Waals surface area contributed by atoms with E-state index in [0.29, 0.717) is 13.0 Å². The Labute approximate surface area is 91.1 Å². The fraction of sp³-hybridized carbons (Fsp3) is 1.00. The smallest absolute Gasteiger partial charge is 0.870 e. The average Bonchev–Trinajstić information content (AvgIpc) is 1.86. The molecule has 0 aromatic rings. The monoisotopic (exact) mass is 143 g/mol. The molecule has 0 aliphatic carbocycles. The topological polar surface area (TPSA) is 62.3 Å². The molecule has 0 amide bonds. The molecular weight excluding hydrogens is 135 g/mol. The first-order chi connectivity index (χ1) is 2.89. The molecule has 0 aromatic carbocycles. The van der Waals surface area contributed by atoms with Gasteiger partial charge in [-0.05, 0) is 19.1 Å². The van der Waals surface area contributed by atoms with Crippen molar-refractivity contribution in [3.63, 3.8) is 0 Å². The summed E-state index contributed by atoms with van der Waals surface area (Å²) in [6.45, 7) is 0.675. The molecule has 1 heterocycles. The van der Waals surface area contributed by atoms with Crippen molar-refractivity contribution in [3.8, 4) is 0 Å². The maximum absolute atomic E-state index is 10.1. The van der Waals surface area contributed by atoms with E-state index in [0.717, 1.165) is 6.42 Å². The molecule has 0 saturated carbocycles. The second-order valence-corrected chi connectivity index (χ2v) is 1.44. The van der Waals surface area contributed by atoms with E-state index in [9.17, 15) is 5.11 Å². The average molecular weight is 143 g/mol. The molecule has 1 aliphatic rings. The van der Waals surface area contributed by atoms with Crippen LogP contribution in [0.1, 0.15) is 12.8 Å². The van der Waals surface area contributed by atoms with Gasteiger partial charge in [-0.25, -0.2) is 0 Å². The summed E-state index contributed by atoms with van der Waals surface area (Å²) in [7, 11) is 0. The summed E-state index contributed by atoms with van der Waals surface area (Å²) in [5, 5.41) is 10.1. The maximum atomic E-state index is 10.1. The Morgan fingerprint density at radius 3 is 2.25 bits per heavy atom. The van der Waals surface area contributed by atoms with Gasteiger partial charge in [0, 0.05) is 6.61 Å². The molecule has 1 fully saturated rings. The molecule has 4 heteroatoms. The summed E-state index contributed by atoms with van der Waals surface area (Å²) in [6, 6.07) is 0. The SMILES string of the molecule is [K+].[O-]C1CCCO1.[OH-]. The van der Waals surface area contributed by atoms with Gasteiger partial charge in [0.15, 0.2) is 0 Å². The standard InChI is InChI=1S/C4H7O2.K.H2O/c5-4-2-1-3-6-4;;/h4H,1-3H2;;1H2/q-1;+1;/p-1. The maximum Gasteiger partial charge on any atom is 1.00 e. The van der Waals surface area contributed by atoms with Crippen molar-refractivity contribution >= 4 is 0 Å². The fourth-order valence-electron chi connectivity index (χ4n) is 0.548. The van der Waals surface area contributed by atoms with Gasteiger partial charge in [0.25, 0.3) is 0 Å². The molecule has 44 valence electrons. The number of hydrogen-bond acceptors (Lipinski definition) is 3. The molecule has 1 saturated heterocycles. The summed E-state index contributed by atoms with van der Waals surface area (Å²) in [5.41, 5.74) is 0. The number of rotatable bonds is 0. The van der Waals surface area contributed by atoms with E-state index in [1.54, 1.807) is 0 Å². The summed E-state index contributed by atoms with van der Waals surface area (Å²) in [6.07, 6.45) is 0.957. The Morgan fingerprint density at radius 2 is 2.12 bits per heavy atom. The predicted octanol–water partition coefficient (Wildman–Crippen LogP) is -3.69. The Morgan fingerprint density at radius 1 is 1.50 bits per heavy atom. The van der Waals surface area contributed by atoms with Crippen LogP contribution in [-0.4, -0.2) is 18.4 Å². The van der Waals surface area contributed by atoms with Crippen LogP contribution >= 0.6 is 0 Å². The van der Waals surface area contributed by atoms with E-state index < -0.39 is 6.29 Å². The summed E-state index contributed by atoms with van der Waals surface area (Å²) in [4.78, 5) is 0. The normalized spacial score (nSPS) is 25.9. The van der Waals surface area contributed by atoms with Crippen molar-refractivity contribution < 1.29 is 66.7 Å². The molecule has 8 heavy (non-hydrogen) atoms. The minimum Gasteiger partial charge on any atom is -0.870 e. The molecule has 0 radical (unpaired) electrons. The van der Waals surface area contributed by atoms with Gasteiger partial charge in [0.1, 0.15) is 0 Å². The van der Waals surface area contributed by atoms with Crippen LogP contribution in [0.25, 0.3) is 0 Å². The molecule has 0 spiro atoms. The summed E-state index contributed by atoms with van der Waals surface area (Å²) in [5.74, 6) is 0. The molecule has 1 rings (SSSR count). The largest absolute Gasteiger partial charge is 1.00 e. The Kier molecular flexibility index (Phi) is 10.1. The third-order valence-corrected chi connectivity index (χ3v) is 0.888. The first kappa shape index (κ1) is 12.2. The van der Waals surface area contributed by atoms with Crippen molar-refractivity contribution in [1.82, 2.24) is 0 Å². The van der Waals surface area contributed by atoms with Gasteiger partial charge in [0.05, 0.1) is 0 Å². The molecule has 0 bridgehead atoms. The summed E-state index contributed by atoms with van der Waals surface area (Å²) < 4.78 is 4.60. The van der Waals surface area contributed by atoms with E-state index in [2.05, 4.69) is 4.74 Å². The summed E-state index contributed by atoms with van der Waals surface area (Å²) >= 11 is 0. The second-order valence-electron chi connectivity index (χ2n) is 1.44. The molecule has 1 unspecified atom stereocenters. The van der Waals surface area contributed by atoms with E-state index in [1.807, 2.05) is 0 Å². The fourth-order valence-corrected chi connectivity index (χ4v) is 0.548. The third kappa shape index (κ3) is 4.40. The number of ether oxygens (including phenoxy) is 1. The van der Waals surface area contributed by atoms with Crippen molar-refractivity contribution in [3.05, 3.63) is 0 Å². The van der Waals surface area contributed by atoms with Crippen LogP contribution in [0.4, 0.5) is 0 Å².